The van der Waals surface area contributed by atoms with Crippen LogP contribution in [0.1, 0.15) is 12.5 Å². The third-order valence-corrected chi connectivity index (χ3v) is 3.81. The first-order chi connectivity index (χ1) is 10.3. The van der Waals surface area contributed by atoms with Gasteiger partial charge in [0.1, 0.15) is 6.54 Å². The third-order valence-electron chi connectivity index (χ3n) is 3.15. The Kier molecular flexibility index (Phi) is 4.60. The summed E-state index contributed by atoms with van der Waals surface area (Å²) in [7, 11) is 0. The number of halogens is 1. The molecule has 0 aromatic heterocycles. The SMILES string of the molecule is CCN1C(=O)C(=O)N(CC(=O)Nc2ccc(C)cc2Br)C1=O. The number of amides is 5. The van der Waals surface area contributed by atoms with E-state index in [2.05, 4.69) is 21.2 Å². The van der Waals surface area contributed by atoms with Crippen molar-refractivity contribution in [2.24, 2.45) is 0 Å². The zero-order valence-electron chi connectivity index (χ0n) is 12.1. The van der Waals surface area contributed by atoms with Gasteiger partial charge in [-0.05, 0) is 47.5 Å². The summed E-state index contributed by atoms with van der Waals surface area (Å²) in [6.07, 6.45) is 0. The number of likely N-dealkylation sites (N-methyl/N-ethyl adjacent to an activating group) is 1. The number of anilines is 1. The Morgan fingerprint density at radius 1 is 1.18 bits per heavy atom. The normalized spacial score (nSPS) is 14.8. The number of urea groups is 1. The van der Waals surface area contributed by atoms with Gasteiger partial charge in [0, 0.05) is 11.0 Å². The molecule has 7 nitrogen and oxygen atoms in total. The lowest BCUT2D eigenvalue weighted by Gasteiger charge is -2.14. The van der Waals surface area contributed by atoms with Crippen LogP contribution in [0.5, 0.6) is 0 Å². The summed E-state index contributed by atoms with van der Waals surface area (Å²) in [6.45, 7) is 3.07. The van der Waals surface area contributed by atoms with Gasteiger partial charge in [0.2, 0.25) is 5.91 Å². The number of rotatable bonds is 4. The number of nitrogens with one attached hydrogen (secondary N) is 1. The van der Waals surface area contributed by atoms with Crippen LogP contribution < -0.4 is 5.32 Å². The van der Waals surface area contributed by atoms with Gasteiger partial charge in [-0.3, -0.25) is 19.3 Å². The van der Waals surface area contributed by atoms with Crippen LogP contribution in [0.25, 0.3) is 0 Å². The number of nitrogens with zero attached hydrogens (tertiary/aromatic N) is 2. The van der Waals surface area contributed by atoms with Gasteiger partial charge in [0.05, 0.1) is 5.69 Å². The Bertz CT molecular complexity index is 674. The minimum Gasteiger partial charge on any atom is -0.323 e. The quantitative estimate of drug-likeness (QED) is 0.645. The van der Waals surface area contributed by atoms with Gasteiger partial charge in [-0.1, -0.05) is 6.07 Å². The van der Waals surface area contributed by atoms with E-state index >= 15 is 0 Å². The molecule has 22 heavy (non-hydrogen) atoms. The number of hydrogen-bond donors (Lipinski definition) is 1. The van der Waals surface area contributed by atoms with Crippen LogP contribution in [0, 0.1) is 6.92 Å². The summed E-state index contributed by atoms with van der Waals surface area (Å²) in [6, 6.07) is 4.57. The summed E-state index contributed by atoms with van der Waals surface area (Å²) in [5, 5.41) is 2.59. The van der Waals surface area contributed by atoms with Crippen LogP contribution in [-0.2, 0) is 14.4 Å². The third kappa shape index (κ3) is 3.01. The molecule has 0 spiro atoms. The van der Waals surface area contributed by atoms with Gasteiger partial charge < -0.3 is 5.32 Å². The van der Waals surface area contributed by atoms with Crippen molar-refractivity contribution in [3.05, 3.63) is 28.2 Å². The number of aryl methyl sites for hydroxylation is 1. The highest BCUT2D eigenvalue weighted by atomic mass is 79.9. The molecule has 116 valence electrons. The summed E-state index contributed by atoms with van der Waals surface area (Å²) in [5.74, 6) is -2.45. The van der Waals surface area contributed by atoms with Crippen molar-refractivity contribution in [1.29, 1.82) is 0 Å². The Labute approximate surface area is 135 Å². The largest absolute Gasteiger partial charge is 0.334 e. The van der Waals surface area contributed by atoms with Gasteiger partial charge in [-0.15, -0.1) is 0 Å². The Hall–Kier alpha value is -2.22. The van der Waals surface area contributed by atoms with Crippen molar-refractivity contribution >= 4 is 45.4 Å². The number of carbonyl (C=O) groups excluding carboxylic acids is 4. The summed E-state index contributed by atoms with van der Waals surface area (Å²) < 4.78 is 0.686. The second-order valence-corrected chi connectivity index (χ2v) is 5.61. The van der Waals surface area contributed by atoms with Crippen molar-refractivity contribution < 1.29 is 19.2 Å². The molecule has 2 rings (SSSR count). The zero-order valence-corrected chi connectivity index (χ0v) is 13.6. The molecule has 1 aromatic carbocycles. The molecule has 0 saturated carbocycles. The first-order valence-electron chi connectivity index (χ1n) is 6.58. The minimum atomic E-state index is -0.982. The van der Waals surface area contributed by atoms with E-state index in [-0.39, 0.29) is 6.54 Å². The van der Waals surface area contributed by atoms with E-state index < -0.39 is 30.3 Å². The molecule has 1 aliphatic rings. The molecule has 1 saturated heterocycles. The van der Waals surface area contributed by atoms with E-state index in [0.717, 1.165) is 10.5 Å². The number of benzene rings is 1. The highest BCUT2D eigenvalue weighted by Crippen LogP contribution is 2.23. The molecule has 8 heteroatoms. The Morgan fingerprint density at radius 2 is 1.82 bits per heavy atom. The van der Waals surface area contributed by atoms with Gasteiger partial charge in [0.25, 0.3) is 0 Å². The lowest BCUT2D eigenvalue weighted by molar-refractivity contribution is -0.143. The van der Waals surface area contributed by atoms with Crippen molar-refractivity contribution in [2.75, 3.05) is 18.4 Å². The van der Waals surface area contributed by atoms with E-state index in [1.165, 1.54) is 0 Å². The molecule has 1 aliphatic heterocycles. The fourth-order valence-corrected chi connectivity index (χ4v) is 2.62. The van der Waals surface area contributed by atoms with Crippen LogP contribution in [-0.4, -0.2) is 46.6 Å². The van der Waals surface area contributed by atoms with E-state index in [9.17, 15) is 19.2 Å². The van der Waals surface area contributed by atoms with Crippen molar-refractivity contribution in [3.8, 4) is 0 Å². The van der Waals surface area contributed by atoms with Crippen molar-refractivity contribution in [1.82, 2.24) is 9.80 Å². The summed E-state index contributed by atoms with van der Waals surface area (Å²) in [5.41, 5.74) is 1.53. The second-order valence-electron chi connectivity index (χ2n) is 4.75. The lowest BCUT2D eigenvalue weighted by Crippen LogP contribution is -2.39. The average molecular weight is 368 g/mol. The molecule has 1 N–H and O–H groups in total. The maximum Gasteiger partial charge on any atom is 0.334 e. The lowest BCUT2D eigenvalue weighted by atomic mass is 10.2. The smallest absolute Gasteiger partial charge is 0.323 e. The summed E-state index contributed by atoms with van der Waals surface area (Å²) in [4.78, 5) is 48.6. The highest BCUT2D eigenvalue weighted by molar-refractivity contribution is 9.10. The van der Waals surface area contributed by atoms with Gasteiger partial charge in [-0.2, -0.15) is 0 Å². The van der Waals surface area contributed by atoms with Gasteiger partial charge >= 0.3 is 17.8 Å². The topological polar surface area (TPSA) is 86.8 Å². The van der Waals surface area contributed by atoms with Crippen molar-refractivity contribution in [3.63, 3.8) is 0 Å². The number of hydrogen-bond acceptors (Lipinski definition) is 4. The van der Waals surface area contributed by atoms with Crippen LogP contribution in [0.4, 0.5) is 10.5 Å². The molecule has 0 unspecified atom stereocenters. The summed E-state index contributed by atoms with van der Waals surface area (Å²) >= 11 is 3.32. The zero-order chi connectivity index (χ0) is 16.4. The highest BCUT2D eigenvalue weighted by Gasteiger charge is 2.44. The van der Waals surface area contributed by atoms with Crippen LogP contribution in [0.15, 0.2) is 22.7 Å². The molecule has 0 aliphatic carbocycles. The van der Waals surface area contributed by atoms with Gasteiger partial charge in [-0.25, -0.2) is 9.69 Å². The van der Waals surface area contributed by atoms with Crippen LogP contribution >= 0.6 is 15.9 Å². The predicted molar refractivity (Wildman–Crippen MR) is 82.0 cm³/mol. The number of imide groups is 2. The molecule has 0 atom stereocenters. The van der Waals surface area contributed by atoms with E-state index in [1.807, 2.05) is 19.1 Å². The molecule has 0 bridgehead atoms. The van der Waals surface area contributed by atoms with E-state index in [4.69, 9.17) is 0 Å². The first kappa shape index (κ1) is 16.2. The maximum atomic E-state index is 12.0. The molecule has 1 aromatic rings. The maximum absolute atomic E-state index is 12.0. The molecular weight excluding hydrogens is 354 g/mol. The van der Waals surface area contributed by atoms with Crippen LogP contribution in [0.2, 0.25) is 0 Å². The fraction of sp³-hybridized carbons (Fsp3) is 0.286. The average Bonchev–Trinajstić information content (AvgIpc) is 2.66. The fourth-order valence-electron chi connectivity index (χ4n) is 2.02. The molecular formula is C14H14BrN3O4. The standard InChI is InChI=1S/C14H14BrN3O4/c1-3-17-12(20)13(21)18(14(17)22)7-11(19)16-10-5-4-8(2)6-9(10)15/h4-6H,3,7H2,1-2H3,(H,16,19). The molecule has 1 fully saturated rings. The molecule has 0 radical (unpaired) electrons. The Morgan fingerprint density at radius 3 is 2.36 bits per heavy atom. The van der Waals surface area contributed by atoms with E-state index in [0.29, 0.717) is 15.1 Å². The molecule has 5 amide bonds. The minimum absolute atomic E-state index is 0.0883. The number of carbonyl (C=O) groups is 4. The van der Waals surface area contributed by atoms with Crippen LogP contribution in [0.3, 0.4) is 0 Å². The second kappa shape index (κ2) is 6.27. The first-order valence-corrected chi connectivity index (χ1v) is 7.37. The van der Waals surface area contributed by atoms with Crippen molar-refractivity contribution in [2.45, 2.75) is 13.8 Å². The van der Waals surface area contributed by atoms with Gasteiger partial charge in [0.15, 0.2) is 0 Å². The molecule has 1 heterocycles. The van der Waals surface area contributed by atoms with E-state index in [1.54, 1.807) is 13.0 Å². The Balaban J connectivity index is 2.08. The monoisotopic (exact) mass is 367 g/mol. The predicted octanol–water partition coefficient (Wildman–Crippen LogP) is 1.51.